The lowest BCUT2D eigenvalue weighted by Gasteiger charge is -2.38. The number of nitrogen functional groups attached to an aromatic ring is 1. The van der Waals surface area contributed by atoms with Crippen molar-refractivity contribution in [3.05, 3.63) is 28.8 Å². The van der Waals surface area contributed by atoms with E-state index in [1.54, 1.807) is 0 Å². The molecule has 106 valence electrons. The molecule has 2 N–H and O–H groups in total. The average molecular weight is 281 g/mol. The van der Waals surface area contributed by atoms with Crippen molar-refractivity contribution < 1.29 is 0 Å². The fraction of sp³-hybridized carbons (Fsp3) is 0.625. The summed E-state index contributed by atoms with van der Waals surface area (Å²) in [5, 5.41) is 0.781. The molecule has 0 unspecified atom stereocenters. The van der Waals surface area contributed by atoms with Crippen LogP contribution in [0.1, 0.15) is 45.1 Å². The van der Waals surface area contributed by atoms with Crippen molar-refractivity contribution in [2.75, 3.05) is 12.8 Å². The highest BCUT2D eigenvalue weighted by Crippen LogP contribution is 2.37. The van der Waals surface area contributed by atoms with Gasteiger partial charge in [0.1, 0.15) is 0 Å². The first kappa shape index (κ1) is 14.7. The first-order valence-corrected chi connectivity index (χ1v) is 7.50. The van der Waals surface area contributed by atoms with Crippen LogP contribution in [0.5, 0.6) is 0 Å². The molecule has 2 nitrogen and oxygen atoms in total. The molecule has 1 aromatic rings. The van der Waals surface area contributed by atoms with Crippen molar-refractivity contribution in [1.82, 2.24) is 4.90 Å². The SMILES string of the molecule is CN(Cc1c(N)cccc1Cl)C1CCC(C)(C)CC1. The lowest BCUT2D eigenvalue weighted by Crippen LogP contribution is -2.36. The van der Waals surface area contributed by atoms with E-state index >= 15 is 0 Å². The molecule has 2 rings (SSSR count). The van der Waals surface area contributed by atoms with E-state index < -0.39 is 0 Å². The summed E-state index contributed by atoms with van der Waals surface area (Å²) in [7, 11) is 2.19. The highest BCUT2D eigenvalue weighted by Gasteiger charge is 2.29. The Morgan fingerprint density at radius 2 is 1.95 bits per heavy atom. The molecule has 1 aromatic carbocycles. The summed E-state index contributed by atoms with van der Waals surface area (Å²) in [5.41, 5.74) is 8.41. The van der Waals surface area contributed by atoms with Gasteiger partial charge >= 0.3 is 0 Å². The summed E-state index contributed by atoms with van der Waals surface area (Å²) < 4.78 is 0. The van der Waals surface area contributed by atoms with E-state index in [1.807, 2.05) is 18.2 Å². The minimum Gasteiger partial charge on any atom is -0.398 e. The molecule has 1 fully saturated rings. The van der Waals surface area contributed by atoms with Gasteiger partial charge < -0.3 is 5.73 Å². The largest absolute Gasteiger partial charge is 0.398 e. The van der Waals surface area contributed by atoms with Crippen molar-refractivity contribution in [3.63, 3.8) is 0 Å². The summed E-state index contributed by atoms with van der Waals surface area (Å²) in [4.78, 5) is 2.41. The van der Waals surface area contributed by atoms with Gasteiger partial charge in [-0.2, -0.15) is 0 Å². The van der Waals surface area contributed by atoms with Crippen LogP contribution in [0.15, 0.2) is 18.2 Å². The van der Waals surface area contributed by atoms with Gasteiger partial charge in [-0.05, 0) is 50.3 Å². The Morgan fingerprint density at radius 1 is 1.32 bits per heavy atom. The number of anilines is 1. The van der Waals surface area contributed by atoms with Crippen LogP contribution < -0.4 is 5.73 Å². The zero-order chi connectivity index (χ0) is 14.0. The summed E-state index contributed by atoms with van der Waals surface area (Å²) in [6.07, 6.45) is 5.15. The van der Waals surface area contributed by atoms with Crippen molar-refractivity contribution in [2.45, 2.75) is 52.1 Å². The van der Waals surface area contributed by atoms with Gasteiger partial charge in [0.05, 0.1) is 0 Å². The highest BCUT2D eigenvalue weighted by molar-refractivity contribution is 6.31. The summed E-state index contributed by atoms with van der Waals surface area (Å²) >= 11 is 6.25. The second-order valence-electron chi connectivity index (χ2n) is 6.62. The average Bonchev–Trinajstić information content (AvgIpc) is 2.33. The number of halogens is 1. The lowest BCUT2D eigenvalue weighted by molar-refractivity contribution is 0.123. The quantitative estimate of drug-likeness (QED) is 0.836. The molecule has 0 aromatic heterocycles. The van der Waals surface area contributed by atoms with Gasteiger partial charge in [0, 0.05) is 28.9 Å². The van der Waals surface area contributed by atoms with Gasteiger partial charge in [-0.3, -0.25) is 4.90 Å². The van der Waals surface area contributed by atoms with E-state index in [1.165, 1.54) is 25.7 Å². The van der Waals surface area contributed by atoms with E-state index in [0.29, 0.717) is 11.5 Å². The minimum absolute atomic E-state index is 0.515. The maximum absolute atomic E-state index is 6.25. The first-order chi connectivity index (χ1) is 8.89. The lowest BCUT2D eigenvalue weighted by atomic mass is 9.75. The maximum atomic E-state index is 6.25. The van der Waals surface area contributed by atoms with Crippen LogP contribution in [-0.4, -0.2) is 18.0 Å². The Morgan fingerprint density at radius 3 is 2.53 bits per heavy atom. The molecule has 0 bridgehead atoms. The fourth-order valence-corrected chi connectivity index (χ4v) is 3.19. The van der Waals surface area contributed by atoms with Gasteiger partial charge in [0.15, 0.2) is 0 Å². The molecule has 1 aliphatic carbocycles. The maximum Gasteiger partial charge on any atom is 0.0471 e. The van der Waals surface area contributed by atoms with E-state index in [-0.39, 0.29) is 0 Å². The van der Waals surface area contributed by atoms with Crippen LogP contribution in [-0.2, 0) is 6.54 Å². The van der Waals surface area contributed by atoms with Gasteiger partial charge in [-0.1, -0.05) is 31.5 Å². The number of hydrogen-bond donors (Lipinski definition) is 1. The summed E-state index contributed by atoms with van der Waals surface area (Å²) in [6.45, 7) is 5.58. The second-order valence-corrected chi connectivity index (χ2v) is 7.03. The van der Waals surface area contributed by atoms with Crippen LogP contribution in [0.4, 0.5) is 5.69 Å². The van der Waals surface area contributed by atoms with Crippen LogP contribution in [0.3, 0.4) is 0 Å². The molecule has 0 atom stereocenters. The van der Waals surface area contributed by atoms with Crippen molar-refractivity contribution in [3.8, 4) is 0 Å². The smallest absolute Gasteiger partial charge is 0.0471 e. The van der Waals surface area contributed by atoms with Crippen LogP contribution in [0.25, 0.3) is 0 Å². The van der Waals surface area contributed by atoms with Crippen molar-refractivity contribution >= 4 is 17.3 Å². The molecule has 0 aliphatic heterocycles. The number of rotatable bonds is 3. The van der Waals surface area contributed by atoms with Gasteiger partial charge in [-0.25, -0.2) is 0 Å². The summed E-state index contributed by atoms with van der Waals surface area (Å²) in [5.74, 6) is 0. The second kappa shape index (κ2) is 5.72. The topological polar surface area (TPSA) is 29.3 Å². The zero-order valence-electron chi connectivity index (χ0n) is 12.2. The van der Waals surface area contributed by atoms with Crippen LogP contribution in [0.2, 0.25) is 5.02 Å². The number of benzene rings is 1. The number of nitrogens with zero attached hydrogens (tertiary/aromatic N) is 1. The molecule has 1 aliphatic rings. The number of nitrogens with two attached hydrogens (primary N) is 1. The van der Waals surface area contributed by atoms with Crippen LogP contribution in [0, 0.1) is 5.41 Å². The molecule has 0 amide bonds. The first-order valence-electron chi connectivity index (χ1n) is 7.12. The Kier molecular flexibility index (Phi) is 4.42. The third kappa shape index (κ3) is 3.64. The third-order valence-corrected chi connectivity index (χ3v) is 4.85. The molecule has 0 spiro atoms. The Labute approximate surface area is 121 Å². The molecular weight excluding hydrogens is 256 g/mol. The van der Waals surface area contributed by atoms with E-state index in [0.717, 1.165) is 22.8 Å². The minimum atomic E-state index is 0.515. The number of hydrogen-bond acceptors (Lipinski definition) is 2. The van der Waals surface area contributed by atoms with Crippen molar-refractivity contribution in [2.24, 2.45) is 5.41 Å². The standard InChI is InChI=1S/C16H25ClN2/c1-16(2)9-7-12(8-10-16)19(3)11-13-14(17)5-4-6-15(13)18/h4-6,12H,7-11,18H2,1-3H3. The molecule has 0 saturated heterocycles. The third-order valence-electron chi connectivity index (χ3n) is 4.49. The van der Waals surface area contributed by atoms with E-state index in [4.69, 9.17) is 17.3 Å². The predicted octanol–water partition coefficient (Wildman–Crippen LogP) is 4.32. The molecule has 3 heteroatoms. The Bertz CT molecular complexity index is 412. The van der Waals surface area contributed by atoms with Crippen LogP contribution >= 0.6 is 11.6 Å². The Balaban J connectivity index is 2.00. The van der Waals surface area contributed by atoms with Crippen molar-refractivity contribution in [1.29, 1.82) is 0 Å². The molecule has 19 heavy (non-hydrogen) atoms. The van der Waals surface area contributed by atoms with Gasteiger partial charge in [0.25, 0.3) is 0 Å². The normalized spacial score (nSPS) is 19.8. The van der Waals surface area contributed by atoms with E-state index in [2.05, 4.69) is 25.8 Å². The van der Waals surface area contributed by atoms with Gasteiger partial charge in [0.2, 0.25) is 0 Å². The fourth-order valence-electron chi connectivity index (χ4n) is 2.95. The monoisotopic (exact) mass is 280 g/mol. The summed E-state index contributed by atoms with van der Waals surface area (Å²) in [6, 6.07) is 6.41. The molecule has 0 radical (unpaired) electrons. The molecule has 0 heterocycles. The Hall–Kier alpha value is -0.730. The van der Waals surface area contributed by atoms with E-state index in [9.17, 15) is 0 Å². The highest BCUT2D eigenvalue weighted by atomic mass is 35.5. The molecule has 1 saturated carbocycles. The zero-order valence-corrected chi connectivity index (χ0v) is 13.0. The molecular formula is C16H25ClN2. The predicted molar refractivity (Wildman–Crippen MR) is 83.4 cm³/mol. The van der Waals surface area contributed by atoms with Gasteiger partial charge in [-0.15, -0.1) is 0 Å².